The first-order valence-electron chi connectivity index (χ1n) is 9.54. The van der Waals surface area contributed by atoms with Crippen molar-refractivity contribution in [3.8, 4) is 23.0 Å². The maximum absolute atomic E-state index is 10.5. The normalized spacial score (nSPS) is 12.0. The van der Waals surface area contributed by atoms with Crippen molar-refractivity contribution in [3.05, 3.63) is 88.2 Å². The van der Waals surface area contributed by atoms with Gasteiger partial charge in [0.2, 0.25) is 4.80 Å². The number of para-hydroxylation sites is 1. The van der Waals surface area contributed by atoms with Gasteiger partial charge in [0.05, 0.1) is 25.6 Å². The Kier molecular flexibility index (Phi) is 6.10. The molecule has 2 aromatic carbocycles. The van der Waals surface area contributed by atoms with E-state index in [4.69, 9.17) is 14.1 Å². The lowest BCUT2D eigenvalue weighted by Gasteiger charge is -2.07. The second-order valence-electron chi connectivity index (χ2n) is 6.37. The Morgan fingerprint density at radius 1 is 1.10 bits per heavy atom. The Hall–Kier alpha value is -3.58. The number of benzene rings is 2. The molecule has 0 aliphatic rings. The highest BCUT2D eigenvalue weighted by Gasteiger charge is 2.11. The van der Waals surface area contributed by atoms with Gasteiger partial charge < -0.3 is 14.3 Å². The van der Waals surface area contributed by atoms with E-state index in [2.05, 4.69) is 5.10 Å². The van der Waals surface area contributed by atoms with Crippen LogP contribution in [-0.4, -0.2) is 22.6 Å². The lowest BCUT2D eigenvalue weighted by molar-refractivity contribution is 0.318. The fourth-order valence-corrected chi connectivity index (χ4v) is 3.71. The number of aromatic hydroxyl groups is 1. The molecule has 0 unspecified atom stereocenters. The summed E-state index contributed by atoms with van der Waals surface area (Å²) in [5.41, 5.74) is 2.45. The minimum Gasteiger partial charge on any atom is -0.504 e. The van der Waals surface area contributed by atoms with Crippen LogP contribution in [0.2, 0.25) is 0 Å². The van der Waals surface area contributed by atoms with Gasteiger partial charge in [-0.1, -0.05) is 36.4 Å². The molecule has 6 nitrogen and oxygen atoms in total. The zero-order chi connectivity index (χ0) is 20.8. The molecule has 152 valence electrons. The molecule has 0 amide bonds. The SMILES string of the molecule is CCOc1cccc(C=Nn2c(-c3ccco3)csc2=NCc2ccccc2)c1O. The largest absolute Gasteiger partial charge is 0.504 e. The van der Waals surface area contributed by atoms with Crippen LogP contribution in [0.4, 0.5) is 0 Å². The van der Waals surface area contributed by atoms with Crippen LogP contribution in [0, 0.1) is 0 Å². The van der Waals surface area contributed by atoms with E-state index in [-0.39, 0.29) is 5.75 Å². The summed E-state index contributed by atoms with van der Waals surface area (Å²) < 4.78 is 12.7. The number of hydrogen-bond acceptors (Lipinski definition) is 6. The molecule has 0 spiro atoms. The number of phenols is 1. The number of rotatable bonds is 7. The van der Waals surface area contributed by atoms with E-state index in [1.54, 1.807) is 29.3 Å². The molecule has 0 atom stereocenters. The summed E-state index contributed by atoms with van der Waals surface area (Å²) in [5, 5.41) is 17.0. The molecule has 0 aliphatic carbocycles. The first-order valence-corrected chi connectivity index (χ1v) is 10.4. The summed E-state index contributed by atoms with van der Waals surface area (Å²) in [5.74, 6) is 1.18. The second-order valence-corrected chi connectivity index (χ2v) is 7.20. The lowest BCUT2D eigenvalue weighted by atomic mass is 10.2. The van der Waals surface area contributed by atoms with Crippen LogP contribution in [0.1, 0.15) is 18.1 Å². The van der Waals surface area contributed by atoms with Crippen molar-refractivity contribution < 1.29 is 14.3 Å². The number of ether oxygens (including phenoxy) is 1. The molecule has 7 heteroatoms. The molecule has 0 saturated heterocycles. The third-order valence-electron chi connectivity index (χ3n) is 4.34. The van der Waals surface area contributed by atoms with E-state index < -0.39 is 0 Å². The van der Waals surface area contributed by atoms with E-state index in [0.717, 1.165) is 16.1 Å². The van der Waals surface area contributed by atoms with Gasteiger partial charge in [0.25, 0.3) is 0 Å². The van der Waals surface area contributed by atoms with Gasteiger partial charge in [-0.3, -0.25) is 4.99 Å². The molecular formula is C23H21N3O3S. The highest BCUT2D eigenvalue weighted by atomic mass is 32.1. The van der Waals surface area contributed by atoms with Crippen molar-refractivity contribution in [2.45, 2.75) is 13.5 Å². The predicted molar refractivity (Wildman–Crippen MR) is 118 cm³/mol. The van der Waals surface area contributed by atoms with Gasteiger partial charge in [0.15, 0.2) is 17.3 Å². The summed E-state index contributed by atoms with van der Waals surface area (Å²) in [7, 11) is 0. The quantitative estimate of drug-likeness (QED) is 0.433. The molecule has 2 heterocycles. The van der Waals surface area contributed by atoms with E-state index in [1.165, 1.54) is 11.3 Å². The monoisotopic (exact) mass is 419 g/mol. The fourth-order valence-electron chi connectivity index (χ4n) is 2.89. The summed E-state index contributed by atoms with van der Waals surface area (Å²) in [4.78, 5) is 5.45. The average molecular weight is 420 g/mol. The third kappa shape index (κ3) is 4.36. The van der Waals surface area contributed by atoms with Gasteiger partial charge in [0.1, 0.15) is 5.69 Å². The van der Waals surface area contributed by atoms with Crippen molar-refractivity contribution in [2.24, 2.45) is 10.1 Å². The maximum Gasteiger partial charge on any atom is 0.206 e. The van der Waals surface area contributed by atoms with E-state index in [0.29, 0.717) is 30.2 Å². The van der Waals surface area contributed by atoms with Crippen LogP contribution in [-0.2, 0) is 6.54 Å². The molecule has 4 rings (SSSR count). The number of aromatic nitrogens is 1. The third-order valence-corrected chi connectivity index (χ3v) is 5.19. The highest BCUT2D eigenvalue weighted by molar-refractivity contribution is 7.07. The summed E-state index contributed by atoms with van der Waals surface area (Å²) in [6, 6.07) is 19.1. The molecular weight excluding hydrogens is 398 g/mol. The van der Waals surface area contributed by atoms with Crippen LogP contribution < -0.4 is 9.54 Å². The lowest BCUT2D eigenvalue weighted by Crippen LogP contribution is -2.12. The summed E-state index contributed by atoms with van der Waals surface area (Å²) in [6.07, 6.45) is 3.22. The summed E-state index contributed by atoms with van der Waals surface area (Å²) >= 11 is 1.48. The number of hydrogen-bond donors (Lipinski definition) is 1. The molecule has 1 N–H and O–H groups in total. The predicted octanol–water partition coefficient (Wildman–Crippen LogP) is 4.90. The molecule has 0 aliphatic heterocycles. The maximum atomic E-state index is 10.5. The van der Waals surface area contributed by atoms with Gasteiger partial charge >= 0.3 is 0 Å². The first-order chi connectivity index (χ1) is 14.8. The van der Waals surface area contributed by atoms with Crippen LogP contribution >= 0.6 is 11.3 Å². The number of thiazole rings is 1. The Labute approximate surface area is 178 Å². The Morgan fingerprint density at radius 2 is 1.97 bits per heavy atom. The number of phenolic OH excluding ortho intramolecular Hbond substituents is 1. The van der Waals surface area contributed by atoms with Gasteiger partial charge in [-0.05, 0) is 36.8 Å². The highest BCUT2D eigenvalue weighted by Crippen LogP contribution is 2.29. The Bertz CT molecular complexity index is 1190. The Balaban J connectivity index is 1.73. The van der Waals surface area contributed by atoms with Crippen molar-refractivity contribution >= 4 is 17.6 Å². The van der Waals surface area contributed by atoms with Gasteiger partial charge in [0, 0.05) is 10.9 Å². The summed E-state index contributed by atoms with van der Waals surface area (Å²) in [6.45, 7) is 2.88. The van der Waals surface area contributed by atoms with E-state index in [9.17, 15) is 5.11 Å². The van der Waals surface area contributed by atoms with E-state index >= 15 is 0 Å². The van der Waals surface area contributed by atoms with Crippen molar-refractivity contribution in [2.75, 3.05) is 6.61 Å². The minimum atomic E-state index is 0.0567. The van der Waals surface area contributed by atoms with Crippen LogP contribution in [0.3, 0.4) is 0 Å². The fraction of sp³-hybridized carbons (Fsp3) is 0.130. The molecule has 0 radical (unpaired) electrons. The smallest absolute Gasteiger partial charge is 0.206 e. The van der Waals surface area contributed by atoms with Crippen molar-refractivity contribution in [3.63, 3.8) is 0 Å². The van der Waals surface area contributed by atoms with Gasteiger partial charge in [-0.25, -0.2) is 4.68 Å². The van der Waals surface area contributed by atoms with Crippen molar-refractivity contribution in [1.82, 2.24) is 4.68 Å². The van der Waals surface area contributed by atoms with Crippen molar-refractivity contribution in [1.29, 1.82) is 0 Å². The second kappa shape index (κ2) is 9.28. The van der Waals surface area contributed by atoms with Gasteiger partial charge in [-0.15, -0.1) is 11.3 Å². The number of furan rings is 1. The Morgan fingerprint density at radius 3 is 2.73 bits per heavy atom. The molecule has 30 heavy (non-hydrogen) atoms. The zero-order valence-electron chi connectivity index (χ0n) is 16.4. The van der Waals surface area contributed by atoms with Crippen LogP contribution in [0.5, 0.6) is 11.5 Å². The molecule has 4 aromatic rings. The standard InChI is InChI=1S/C23H21N3O3S/c1-2-28-21-11-6-10-18(22(21)27)15-25-26-19(20-12-7-13-29-20)16-30-23(26)24-14-17-8-4-3-5-9-17/h3-13,15-16,27H,2,14H2,1H3. The molecule has 0 bridgehead atoms. The topological polar surface area (TPSA) is 72.2 Å². The average Bonchev–Trinajstić information content (AvgIpc) is 3.43. The zero-order valence-corrected chi connectivity index (χ0v) is 17.2. The first kappa shape index (κ1) is 19.7. The minimum absolute atomic E-state index is 0.0567. The van der Waals surface area contributed by atoms with Crippen LogP contribution in [0.25, 0.3) is 11.5 Å². The number of nitrogens with zero attached hydrogens (tertiary/aromatic N) is 3. The van der Waals surface area contributed by atoms with Gasteiger partial charge in [-0.2, -0.15) is 5.10 Å². The van der Waals surface area contributed by atoms with Crippen LogP contribution in [0.15, 0.2) is 86.8 Å². The molecule has 2 aromatic heterocycles. The molecule has 0 fully saturated rings. The van der Waals surface area contributed by atoms with E-state index in [1.807, 2.05) is 60.8 Å². The molecule has 0 saturated carbocycles.